The molecule has 10 nitrogen and oxygen atoms in total. The number of hydrogen-bond acceptors (Lipinski definition) is 7. The van der Waals surface area contributed by atoms with Crippen LogP contribution in [0.1, 0.15) is 19.0 Å². The monoisotopic (exact) mass is 453 g/mol. The quantitative estimate of drug-likeness (QED) is 0.559. The number of carbonyl (C=O) groups is 1. The highest BCUT2D eigenvalue weighted by Gasteiger charge is 2.19. The van der Waals surface area contributed by atoms with Gasteiger partial charge in [0.25, 0.3) is 5.56 Å². The van der Waals surface area contributed by atoms with Gasteiger partial charge in [-0.2, -0.15) is 5.10 Å². The van der Waals surface area contributed by atoms with Crippen LogP contribution in [0.5, 0.6) is 5.75 Å². The Morgan fingerprint density at radius 3 is 2.70 bits per heavy atom. The standard InChI is InChI=1S/C23H31N7O3/c1-5-12-33-18-7-6-16(24-19(31)14-30-10-8-28(3)9-11-30)13-17(18)21-25-22-20(23(32)26-21)15(2)27-29(22)4/h6-7,13H,5,8-12,14H2,1-4H3,(H,24,31)(H,25,26,32). The number of fused-ring (bicyclic) bond motifs is 1. The number of rotatable bonds is 7. The fourth-order valence-corrected chi connectivity index (χ4v) is 4.01. The predicted octanol–water partition coefficient (Wildman–Crippen LogP) is 1.61. The summed E-state index contributed by atoms with van der Waals surface area (Å²) in [5.74, 6) is 0.888. The minimum Gasteiger partial charge on any atom is -0.493 e. The van der Waals surface area contributed by atoms with E-state index in [0.29, 0.717) is 52.7 Å². The highest BCUT2D eigenvalue weighted by Crippen LogP contribution is 2.31. The molecule has 0 bridgehead atoms. The number of nitrogens with zero attached hydrogens (tertiary/aromatic N) is 5. The summed E-state index contributed by atoms with van der Waals surface area (Å²) in [6.07, 6.45) is 0.840. The first kappa shape index (κ1) is 22.9. The Balaban J connectivity index is 1.63. The lowest BCUT2D eigenvalue weighted by Crippen LogP contribution is -2.47. The third-order valence-electron chi connectivity index (χ3n) is 5.81. The Labute approximate surface area is 192 Å². The minimum atomic E-state index is -0.258. The molecule has 33 heavy (non-hydrogen) atoms. The maximum atomic E-state index is 12.8. The van der Waals surface area contributed by atoms with Crippen LogP contribution >= 0.6 is 0 Å². The molecule has 3 heterocycles. The molecule has 176 valence electrons. The maximum absolute atomic E-state index is 12.8. The van der Waals surface area contributed by atoms with Gasteiger partial charge in [0.05, 0.1) is 24.4 Å². The molecular formula is C23H31N7O3. The Kier molecular flexibility index (Phi) is 6.75. The number of H-pyrrole nitrogens is 1. The van der Waals surface area contributed by atoms with E-state index in [0.717, 1.165) is 32.6 Å². The zero-order valence-corrected chi connectivity index (χ0v) is 19.6. The lowest BCUT2D eigenvalue weighted by molar-refractivity contribution is -0.117. The number of benzene rings is 1. The van der Waals surface area contributed by atoms with Crippen molar-refractivity contribution in [3.63, 3.8) is 0 Å². The number of carbonyl (C=O) groups excluding carboxylic acids is 1. The maximum Gasteiger partial charge on any atom is 0.262 e. The van der Waals surface area contributed by atoms with Gasteiger partial charge in [0, 0.05) is 38.9 Å². The fourth-order valence-electron chi connectivity index (χ4n) is 4.01. The van der Waals surface area contributed by atoms with E-state index in [1.54, 1.807) is 36.9 Å². The molecule has 0 unspecified atom stereocenters. The Bertz CT molecular complexity index is 1210. The van der Waals surface area contributed by atoms with Crippen LogP contribution in [0.4, 0.5) is 5.69 Å². The van der Waals surface area contributed by atoms with Gasteiger partial charge in [-0.3, -0.25) is 14.5 Å². The number of aromatic nitrogens is 4. The molecule has 10 heteroatoms. The molecule has 1 amide bonds. The van der Waals surface area contributed by atoms with E-state index >= 15 is 0 Å². The number of likely N-dealkylation sites (N-methyl/N-ethyl adjacent to an activating group) is 1. The second kappa shape index (κ2) is 9.72. The van der Waals surface area contributed by atoms with Crippen LogP contribution in [0.2, 0.25) is 0 Å². The van der Waals surface area contributed by atoms with E-state index in [1.807, 2.05) is 6.92 Å². The van der Waals surface area contributed by atoms with Crippen molar-refractivity contribution in [1.82, 2.24) is 29.5 Å². The number of anilines is 1. The van der Waals surface area contributed by atoms with Crippen LogP contribution < -0.4 is 15.6 Å². The van der Waals surface area contributed by atoms with Gasteiger partial charge in [0.1, 0.15) is 17.0 Å². The second-order valence-corrected chi connectivity index (χ2v) is 8.51. The number of piperazine rings is 1. The molecule has 2 N–H and O–H groups in total. The number of ether oxygens (including phenoxy) is 1. The van der Waals surface area contributed by atoms with E-state index in [4.69, 9.17) is 4.74 Å². The van der Waals surface area contributed by atoms with Crippen molar-refractivity contribution in [2.24, 2.45) is 7.05 Å². The van der Waals surface area contributed by atoms with Gasteiger partial charge >= 0.3 is 0 Å². The lowest BCUT2D eigenvalue weighted by Gasteiger charge is -2.31. The van der Waals surface area contributed by atoms with Crippen LogP contribution in [0.15, 0.2) is 23.0 Å². The Morgan fingerprint density at radius 2 is 1.97 bits per heavy atom. The highest BCUT2D eigenvalue weighted by atomic mass is 16.5. The van der Waals surface area contributed by atoms with Gasteiger partial charge in [-0.05, 0) is 38.6 Å². The molecule has 4 rings (SSSR count). The number of nitrogens with one attached hydrogen (secondary N) is 2. The fraction of sp³-hybridized carbons (Fsp3) is 0.478. The molecule has 1 fully saturated rings. The van der Waals surface area contributed by atoms with Crippen LogP contribution in [0.3, 0.4) is 0 Å². The van der Waals surface area contributed by atoms with Crippen LogP contribution in [-0.2, 0) is 11.8 Å². The van der Waals surface area contributed by atoms with Crippen LogP contribution in [0.25, 0.3) is 22.4 Å². The molecule has 3 aromatic rings. The molecule has 0 saturated carbocycles. The third-order valence-corrected chi connectivity index (χ3v) is 5.81. The Morgan fingerprint density at radius 1 is 1.21 bits per heavy atom. The molecule has 2 aromatic heterocycles. The number of amides is 1. The summed E-state index contributed by atoms with van der Waals surface area (Å²) < 4.78 is 7.50. The van der Waals surface area contributed by atoms with E-state index in [-0.39, 0.29) is 11.5 Å². The summed E-state index contributed by atoms with van der Waals surface area (Å²) >= 11 is 0. The summed E-state index contributed by atoms with van der Waals surface area (Å²) in [4.78, 5) is 37.3. The van der Waals surface area contributed by atoms with Crippen molar-refractivity contribution < 1.29 is 9.53 Å². The van der Waals surface area contributed by atoms with Gasteiger partial charge in [-0.25, -0.2) is 9.67 Å². The smallest absolute Gasteiger partial charge is 0.262 e. The molecule has 0 aliphatic carbocycles. The largest absolute Gasteiger partial charge is 0.493 e. The van der Waals surface area contributed by atoms with Gasteiger partial charge < -0.3 is 19.9 Å². The number of hydrogen-bond donors (Lipinski definition) is 2. The third kappa shape index (κ3) is 5.07. The average molecular weight is 454 g/mol. The average Bonchev–Trinajstić information content (AvgIpc) is 3.08. The first-order valence-corrected chi connectivity index (χ1v) is 11.3. The van der Waals surface area contributed by atoms with Crippen LogP contribution in [-0.4, -0.2) is 81.8 Å². The van der Waals surface area contributed by atoms with Crippen LogP contribution in [0, 0.1) is 6.92 Å². The summed E-state index contributed by atoms with van der Waals surface area (Å²) in [7, 11) is 3.85. The minimum absolute atomic E-state index is 0.0770. The van der Waals surface area contributed by atoms with E-state index in [2.05, 4.69) is 37.2 Å². The first-order valence-electron chi connectivity index (χ1n) is 11.3. The van der Waals surface area contributed by atoms with Gasteiger partial charge in [0.15, 0.2) is 5.65 Å². The molecule has 1 saturated heterocycles. The summed E-state index contributed by atoms with van der Waals surface area (Å²) in [5.41, 5.74) is 2.10. The van der Waals surface area contributed by atoms with Crippen molar-refractivity contribution in [3.05, 3.63) is 34.2 Å². The number of aryl methyl sites for hydroxylation is 2. The first-order chi connectivity index (χ1) is 15.9. The van der Waals surface area contributed by atoms with Gasteiger partial charge in [0.2, 0.25) is 5.91 Å². The van der Waals surface area contributed by atoms with Crippen molar-refractivity contribution >= 4 is 22.6 Å². The second-order valence-electron chi connectivity index (χ2n) is 8.51. The normalized spacial score (nSPS) is 15.2. The topological polar surface area (TPSA) is 108 Å². The molecular weight excluding hydrogens is 422 g/mol. The summed E-state index contributed by atoms with van der Waals surface area (Å²) in [6.45, 7) is 8.32. The molecule has 0 atom stereocenters. The zero-order valence-electron chi connectivity index (χ0n) is 19.6. The van der Waals surface area contributed by atoms with E-state index < -0.39 is 0 Å². The van der Waals surface area contributed by atoms with E-state index in [9.17, 15) is 9.59 Å². The molecule has 1 aliphatic rings. The predicted molar refractivity (Wildman–Crippen MR) is 128 cm³/mol. The van der Waals surface area contributed by atoms with Gasteiger partial charge in [-0.15, -0.1) is 0 Å². The molecule has 0 spiro atoms. The highest BCUT2D eigenvalue weighted by molar-refractivity contribution is 5.93. The van der Waals surface area contributed by atoms with Crippen molar-refractivity contribution in [3.8, 4) is 17.1 Å². The SMILES string of the molecule is CCCOc1ccc(NC(=O)CN2CCN(C)CC2)cc1-c1nc2c(c(C)nn2C)c(=O)[nH]1. The summed E-state index contributed by atoms with van der Waals surface area (Å²) in [5, 5.41) is 7.75. The number of aromatic amines is 1. The van der Waals surface area contributed by atoms with Crippen molar-refractivity contribution in [1.29, 1.82) is 0 Å². The molecule has 1 aliphatic heterocycles. The zero-order chi connectivity index (χ0) is 23.5. The molecule has 0 radical (unpaired) electrons. The van der Waals surface area contributed by atoms with Gasteiger partial charge in [-0.1, -0.05) is 6.92 Å². The Hall–Kier alpha value is -3.24. The van der Waals surface area contributed by atoms with Crippen molar-refractivity contribution in [2.45, 2.75) is 20.3 Å². The molecule has 1 aromatic carbocycles. The van der Waals surface area contributed by atoms with E-state index in [1.165, 1.54) is 0 Å². The van der Waals surface area contributed by atoms with Crippen molar-refractivity contribution in [2.75, 3.05) is 51.7 Å². The lowest BCUT2D eigenvalue weighted by atomic mass is 10.1. The summed E-state index contributed by atoms with van der Waals surface area (Å²) in [6, 6.07) is 5.40.